The van der Waals surface area contributed by atoms with Gasteiger partial charge in [-0.25, -0.2) is 0 Å². The summed E-state index contributed by atoms with van der Waals surface area (Å²) in [7, 11) is 0. The molecule has 0 fully saturated rings. The minimum atomic E-state index is 1.03. The number of rotatable bonds is 6. The summed E-state index contributed by atoms with van der Waals surface area (Å²) in [5.74, 6) is 0. The average molecular weight is 372 g/mol. The third-order valence-electron chi connectivity index (χ3n) is 2.69. The highest BCUT2D eigenvalue weighted by Gasteiger charge is 2.03. The summed E-state index contributed by atoms with van der Waals surface area (Å²) in [6.45, 7) is 27.6. The van der Waals surface area contributed by atoms with E-state index in [1.165, 1.54) is 0 Å². The highest BCUT2D eigenvalue weighted by atomic mass is 14.9. The van der Waals surface area contributed by atoms with Gasteiger partial charge in [-0.05, 0) is 31.6 Å². The number of anilines is 1. The maximum absolute atomic E-state index is 3.86. The average Bonchev–Trinajstić information content (AvgIpc) is 2.77. The van der Waals surface area contributed by atoms with Gasteiger partial charge in [-0.15, -0.1) is 0 Å². The molecule has 0 heterocycles. The van der Waals surface area contributed by atoms with Crippen LogP contribution in [-0.4, -0.2) is 0 Å². The molecule has 0 aromatic heterocycles. The second-order valence-electron chi connectivity index (χ2n) is 3.98. The lowest BCUT2D eigenvalue weighted by atomic mass is 10.0. The molecule has 0 saturated carbocycles. The van der Waals surface area contributed by atoms with Crippen LogP contribution in [0.4, 0.5) is 5.69 Å². The van der Waals surface area contributed by atoms with Crippen molar-refractivity contribution in [2.24, 2.45) is 0 Å². The molecule has 0 amide bonds. The molecule has 154 valence electrons. The maximum Gasteiger partial charge on any atom is 0.0463 e. The van der Waals surface area contributed by atoms with Gasteiger partial charge in [-0.3, -0.25) is 0 Å². The molecule has 0 atom stereocenters. The Balaban J connectivity index is -0.000000292. The van der Waals surface area contributed by atoms with Gasteiger partial charge in [0.15, 0.2) is 0 Å². The molecule has 0 unspecified atom stereocenters. The lowest BCUT2D eigenvalue weighted by molar-refractivity contribution is 1.43. The number of hydrogen-bond donors (Lipinski definition) is 1. The largest absolute Gasteiger partial charge is 0.355 e. The van der Waals surface area contributed by atoms with Crippen LogP contribution in [0.25, 0.3) is 12.2 Å². The summed E-state index contributed by atoms with van der Waals surface area (Å²) in [6.07, 6.45) is 13.7. The van der Waals surface area contributed by atoms with Crippen LogP contribution in [0.1, 0.15) is 80.4 Å². The van der Waals surface area contributed by atoms with Gasteiger partial charge in [0, 0.05) is 16.9 Å². The first kappa shape index (κ1) is 32.4. The number of hydrogen-bond acceptors (Lipinski definition) is 1. The Morgan fingerprint density at radius 1 is 0.889 bits per heavy atom. The van der Waals surface area contributed by atoms with Crippen LogP contribution in [0, 0.1) is 0 Å². The van der Waals surface area contributed by atoms with Gasteiger partial charge >= 0.3 is 0 Å². The summed E-state index contributed by atoms with van der Waals surface area (Å²) in [4.78, 5) is 0. The summed E-state index contributed by atoms with van der Waals surface area (Å²) < 4.78 is 0. The van der Waals surface area contributed by atoms with Crippen LogP contribution in [-0.2, 0) is 0 Å². The quantitative estimate of drug-likeness (QED) is 0.491. The lowest BCUT2D eigenvalue weighted by Gasteiger charge is -2.12. The fourth-order valence-electron chi connectivity index (χ4n) is 1.76. The van der Waals surface area contributed by atoms with E-state index in [1.54, 1.807) is 6.08 Å². The van der Waals surface area contributed by atoms with Gasteiger partial charge in [0.25, 0.3) is 0 Å². The predicted octanol–water partition coefficient (Wildman–Crippen LogP) is 9.53. The SMILES string of the molecule is C=C/C=C\C(=C/C)Nc1cccc(C=C)c1/C=C\C.CC.CC.CC.CC. The second-order valence-corrected chi connectivity index (χ2v) is 3.98. The standard InChI is InChI=1S/C18H21N.4C2H6/c1-5-9-13-16(8-4)19-18-14-10-12-15(7-3)17(18)11-6-2;4*1-2/h5-14,19H,1,3H2,2,4H3;4*1-2H3/b11-6-,13-9-,16-8+;;;;. The molecule has 1 N–H and O–H groups in total. The minimum Gasteiger partial charge on any atom is -0.355 e. The molecule has 0 radical (unpaired) electrons. The first-order chi connectivity index (χ1) is 13.3. The molecular formula is C26H45N. The van der Waals surface area contributed by atoms with Crippen molar-refractivity contribution in [3.63, 3.8) is 0 Å². The van der Waals surface area contributed by atoms with Gasteiger partial charge in [-0.2, -0.15) is 0 Å². The monoisotopic (exact) mass is 371 g/mol. The van der Waals surface area contributed by atoms with Gasteiger partial charge in [0.05, 0.1) is 0 Å². The Labute approximate surface area is 171 Å². The summed E-state index contributed by atoms with van der Waals surface area (Å²) in [5, 5.41) is 3.42. The molecule has 1 rings (SSSR count). The Morgan fingerprint density at radius 2 is 1.44 bits per heavy atom. The van der Waals surface area contributed by atoms with Gasteiger partial charge in [0.2, 0.25) is 0 Å². The smallest absolute Gasteiger partial charge is 0.0463 e. The molecule has 1 aromatic rings. The Kier molecular flexibility index (Phi) is 34.2. The number of allylic oxidation sites excluding steroid dienone is 5. The fourth-order valence-corrected chi connectivity index (χ4v) is 1.76. The number of benzene rings is 1. The third-order valence-corrected chi connectivity index (χ3v) is 2.69. The van der Waals surface area contributed by atoms with Gasteiger partial charge < -0.3 is 5.32 Å². The van der Waals surface area contributed by atoms with Crippen molar-refractivity contribution < 1.29 is 0 Å². The molecule has 0 aliphatic heterocycles. The lowest BCUT2D eigenvalue weighted by Crippen LogP contribution is -1.99. The zero-order valence-electron chi connectivity index (χ0n) is 19.7. The number of nitrogens with one attached hydrogen (secondary N) is 1. The van der Waals surface area contributed by atoms with E-state index in [0.29, 0.717) is 0 Å². The maximum atomic E-state index is 3.86. The van der Waals surface area contributed by atoms with Crippen molar-refractivity contribution in [3.8, 4) is 0 Å². The van der Waals surface area contributed by atoms with E-state index in [9.17, 15) is 0 Å². The van der Waals surface area contributed by atoms with Crippen molar-refractivity contribution in [1.29, 1.82) is 0 Å². The molecule has 0 saturated heterocycles. The molecule has 1 nitrogen and oxygen atoms in total. The topological polar surface area (TPSA) is 12.0 Å². The summed E-state index contributed by atoms with van der Waals surface area (Å²) in [6, 6.07) is 6.15. The third kappa shape index (κ3) is 15.7. The van der Waals surface area contributed by atoms with E-state index in [2.05, 4.69) is 36.7 Å². The van der Waals surface area contributed by atoms with Crippen LogP contribution in [0.5, 0.6) is 0 Å². The fraction of sp³-hybridized carbons (Fsp3) is 0.385. The van der Waals surface area contributed by atoms with Crippen molar-refractivity contribution in [2.45, 2.75) is 69.2 Å². The first-order valence-corrected chi connectivity index (χ1v) is 10.4. The van der Waals surface area contributed by atoms with Crippen LogP contribution in [0.3, 0.4) is 0 Å². The highest BCUT2D eigenvalue weighted by molar-refractivity contribution is 5.76. The van der Waals surface area contributed by atoms with Crippen molar-refractivity contribution in [3.05, 3.63) is 78.6 Å². The van der Waals surface area contributed by atoms with E-state index < -0.39 is 0 Å². The van der Waals surface area contributed by atoms with Crippen molar-refractivity contribution in [1.82, 2.24) is 0 Å². The van der Waals surface area contributed by atoms with E-state index in [1.807, 2.05) is 106 Å². The van der Waals surface area contributed by atoms with E-state index >= 15 is 0 Å². The molecule has 0 aliphatic rings. The molecule has 0 spiro atoms. The minimum absolute atomic E-state index is 1.03. The molecule has 0 aliphatic carbocycles. The van der Waals surface area contributed by atoms with Crippen LogP contribution in [0.15, 0.2) is 67.4 Å². The van der Waals surface area contributed by atoms with Crippen molar-refractivity contribution >= 4 is 17.8 Å². The molecule has 1 aromatic carbocycles. The Hall–Kier alpha value is -2.28. The van der Waals surface area contributed by atoms with E-state index in [0.717, 1.165) is 22.5 Å². The molecular weight excluding hydrogens is 326 g/mol. The second kappa shape index (κ2) is 28.5. The van der Waals surface area contributed by atoms with Crippen molar-refractivity contribution in [2.75, 3.05) is 5.32 Å². The first-order valence-electron chi connectivity index (χ1n) is 10.4. The van der Waals surface area contributed by atoms with Crippen LogP contribution < -0.4 is 5.32 Å². The predicted molar refractivity (Wildman–Crippen MR) is 133 cm³/mol. The van der Waals surface area contributed by atoms with Gasteiger partial charge in [-0.1, -0.05) is 117 Å². The Morgan fingerprint density at radius 3 is 1.85 bits per heavy atom. The van der Waals surface area contributed by atoms with E-state index in [-0.39, 0.29) is 0 Å². The summed E-state index contributed by atoms with van der Waals surface area (Å²) >= 11 is 0. The zero-order chi connectivity index (χ0) is 22.1. The highest BCUT2D eigenvalue weighted by Crippen LogP contribution is 2.24. The van der Waals surface area contributed by atoms with Crippen LogP contribution >= 0.6 is 0 Å². The van der Waals surface area contributed by atoms with E-state index in [4.69, 9.17) is 0 Å². The van der Waals surface area contributed by atoms with Gasteiger partial charge in [0.1, 0.15) is 0 Å². The summed E-state index contributed by atoms with van der Waals surface area (Å²) in [5.41, 5.74) is 4.36. The normalized spacial score (nSPS) is 9.33. The van der Waals surface area contributed by atoms with Crippen LogP contribution in [0.2, 0.25) is 0 Å². The molecule has 1 heteroatoms. The molecule has 0 bridgehead atoms. The Bertz CT molecular complexity index is 531. The zero-order valence-corrected chi connectivity index (χ0v) is 19.7. The molecule has 27 heavy (non-hydrogen) atoms.